The van der Waals surface area contributed by atoms with Crippen LogP contribution in [0.3, 0.4) is 0 Å². The summed E-state index contributed by atoms with van der Waals surface area (Å²) in [6.45, 7) is 4.52. The lowest BCUT2D eigenvalue weighted by Crippen LogP contribution is -2.51. The lowest BCUT2D eigenvalue weighted by Gasteiger charge is -2.48. The van der Waals surface area contributed by atoms with Gasteiger partial charge in [0.1, 0.15) is 0 Å². The minimum absolute atomic E-state index is 0.0466. The molecule has 2 unspecified atom stereocenters. The van der Waals surface area contributed by atoms with Crippen molar-refractivity contribution in [1.29, 1.82) is 0 Å². The van der Waals surface area contributed by atoms with Gasteiger partial charge in [0.15, 0.2) is 0 Å². The summed E-state index contributed by atoms with van der Waals surface area (Å²) in [5, 5.41) is 3.64. The third kappa shape index (κ3) is 2.57. The van der Waals surface area contributed by atoms with Crippen LogP contribution in [-0.2, 0) is 9.53 Å². The lowest BCUT2D eigenvalue weighted by atomic mass is 9.67. The van der Waals surface area contributed by atoms with Crippen molar-refractivity contribution in [1.82, 2.24) is 5.32 Å². The van der Waals surface area contributed by atoms with Gasteiger partial charge in [-0.05, 0) is 32.3 Å². The molecule has 2 aliphatic rings. The first-order chi connectivity index (χ1) is 10.1. The van der Waals surface area contributed by atoms with Crippen LogP contribution >= 0.6 is 0 Å². The summed E-state index contributed by atoms with van der Waals surface area (Å²) >= 11 is 0. The standard InChI is InChI=1S/C18H23NO2/c1-3-21-17(20)12-16-14-9-5-4-8-13(14)15-10-6-7-11-18(15,2)19-16/h4-5,8-9,12,15,19H,3,6-7,10-11H2,1-2H3. The van der Waals surface area contributed by atoms with Crippen LogP contribution in [-0.4, -0.2) is 18.1 Å². The number of carbonyl (C=O) groups excluding carboxylic acids is 1. The fourth-order valence-electron chi connectivity index (χ4n) is 3.82. The Morgan fingerprint density at radius 3 is 3.05 bits per heavy atom. The second-order valence-electron chi connectivity index (χ2n) is 6.24. The van der Waals surface area contributed by atoms with Crippen molar-refractivity contribution in [2.75, 3.05) is 6.61 Å². The van der Waals surface area contributed by atoms with Crippen LogP contribution in [0.25, 0.3) is 5.70 Å². The number of carbonyl (C=O) groups is 1. The predicted octanol–water partition coefficient (Wildman–Crippen LogP) is 3.61. The normalized spacial score (nSPS) is 29.2. The molecule has 1 aromatic carbocycles. The molecule has 0 aromatic heterocycles. The zero-order valence-electron chi connectivity index (χ0n) is 12.8. The van der Waals surface area contributed by atoms with Gasteiger partial charge in [-0.15, -0.1) is 0 Å². The van der Waals surface area contributed by atoms with E-state index in [0.29, 0.717) is 12.5 Å². The maximum absolute atomic E-state index is 11.8. The Bertz CT molecular complexity index is 578. The second kappa shape index (κ2) is 5.55. The van der Waals surface area contributed by atoms with Gasteiger partial charge in [-0.25, -0.2) is 4.79 Å². The van der Waals surface area contributed by atoms with E-state index in [4.69, 9.17) is 4.74 Å². The van der Waals surface area contributed by atoms with Crippen LogP contribution in [0.5, 0.6) is 0 Å². The van der Waals surface area contributed by atoms with Crippen LogP contribution in [0.4, 0.5) is 0 Å². The predicted molar refractivity (Wildman–Crippen MR) is 83.8 cm³/mol. The topological polar surface area (TPSA) is 38.3 Å². The van der Waals surface area contributed by atoms with Gasteiger partial charge < -0.3 is 10.1 Å². The van der Waals surface area contributed by atoms with E-state index in [-0.39, 0.29) is 11.5 Å². The SMILES string of the molecule is CCOC(=O)C=C1NC2(C)CCCCC2c2ccccc21. The molecule has 2 atom stereocenters. The molecule has 3 rings (SSSR count). The highest BCUT2D eigenvalue weighted by Gasteiger charge is 2.42. The first-order valence-electron chi connectivity index (χ1n) is 7.90. The Morgan fingerprint density at radius 1 is 1.43 bits per heavy atom. The highest BCUT2D eigenvalue weighted by Crippen LogP contribution is 2.47. The first kappa shape index (κ1) is 14.2. The Kier molecular flexibility index (Phi) is 3.75. The molecule has 0 saturated heterocycles. The van der Waals surface area contributed by atoms with Crippen molar-refractivity contribution in [3.8, 4) is 0 Å². The zero-order chi connectivity index (χ0) is 14.9. The maximum atomic E-state index is 11.8. The van der Waals surface area contributed by atoms with Gasteiger partial charge in [0.25, 0.3) is 0 Å². The number of hydrogen-bond acceptors (Lipinski definition) is 3. The van der Waals surface area contributed by atoms with Crippen molar-refractivity contribution in [3.05, 3.63) is 41.5 Å². The summed E-state index contributed by atoms with van der Waals surface area (Å²) in [5.74, 6) is 0.259. The number of nitrogens with one attached hydrogen (secondary N) is 1. The lowest BCUT2D eigenvalue weighted by molar-refractivity contribution is -0.137. The number of rotatable bonds is 2. The molecule has 1 aliphatic heterocycles. The summed E-state index contributed by atoms with van der Waals surface area (Å²) in [6.07, 6.45) is 6.50. The molecule has 0 radical (unpaired) electrons. The molecule has 1 aliphatic carbocycles. The molecule has 21 heavy (non-hydrogen) atoms. The third-order valence-corrected chi connectivity index (χ3v) is 4.80. The van der Waals surface area contributed by atoms with Crippen molar-refractivity contribution >= 4 is 11.7 Å². The van der Waals surface area contributed by atoms with Crippen LogP contribution in [0.15, 0.2) is 30.3 Å². The molecule has 0 bridgehead atoms. The molecule has 112 valence electrons. The monoisotopic (exact) mass is 285 g/mol. The minimum Gasteiger partial charge on any atom is -0.463 e. The quantitative estimate of drug-likeness (QED) is 0.666. The second-order valence-corrected chi connectivity index (χ2v) is 6.24. The number of ether oxygens (including phenoxy) is 1. The molecular weight excluding hydrogens is 262 g/mol. The largest absolute Gasteiger partial charge is 0.463 e. The molecule has 0 spiro atoms. The highest BCUT2D eigenvalue weighted by atomic mass is 16.5. The van der Waals surface area contributed by atoms with Crippen LogP contribution in [0.2, 0.25) is 0 Å². The molecule has 1 heterocycles. The highest BCUT2D eigenvalue weighted by molar-refractivity contribution is 5.92. The van der Waals surface area contributed by atoms with Crippen molar-refractivity contribution < 1.29 is 9.53 Å². The maximum Gasteiger partial charge on any atom is 0.332 e. The van der Waals surface area contributed by atoms with Crippen LogP contribution in [0, 0.1) is 0 Å². The molecular formula is C18H23NO2. The van der Waals surface area contributed by atoms with Crippen molar-refractivity contribution in [2.45, 2.75) is 51.0 Å². The number of fused-ring (bicyclic) bond motifs is 3. The van der Waals surface area contributed by atoms with E-state index in [1.807, 2.05) is 13.0 Å². The molecule has 0 amide bonds. The minimum atomic E-state index is -0.271. The van der Waals surface area contributed by atoms with E-state index in [9.17, 15) is 4.79 Å². The van der Waals surface area contributed by atoms with Gasteiger partial charge in [0.2, 0.25) is 0 Å². The van der Waals surface area contributed by atoms with Gasteiger partial charge in [-0.1, -0.05) is 37.1 Å². The fourth-order valence-corrected chi connectivity index (χ4v) is 3.82. The fraction of sp³-hybridized carbons (Fsp3) is 0.500. The molecule has 1 fully saturated rings. The zero-order valence-corrected chi connectivity index (χ0v) is 12.8. The van der Waals surface area contributed by atoms with E-state index in [1.165, 1.54) is 24.8 Å². The van der Waals surface area contributed by atoms with Crippen LogP contribution < -0.4 is 5.32 Å². The van der Waals surface area contributed by atoms with E-state index >= 15 is 0 Å². The summed E-state index contributed by atoms with van der Waals surface area (Å²) in [6, 6.07) is 8.44. The average Bonchev–Trinajstić information content (AvgIpc) is 2.47. The molecule has 1 aromatic rings. The Morgan fingerprint density at radius 2 is 2.24 bits per heavy atom. The van der Waals surface area contributed by atoms with Gasteiger partial charge in [0.05, 0.1) is 6.61 Å². The van der Waals surface area contributed by atoms with E-state index in [2.05, 4.69) is 30.4 Å². The van der Waals surface area contributed by atoms with Crippen molar-refractivity contribution in [2.24, 2.45) is 0 Å². The summed E-state index contributed by atoms with van der Waals surface area (Å²) < 4.78 is 5.07. The number of benzene rings is 1. The number of esters is 1. The number of hydrogen-bond donors (Lipinski definition) is 1. The Balaban J connectivity index is 2.04. The smallest absolute Gasteiger partial charge is 0.332 e. The van der Waals surface area contributed by atoms with E-state index in [0.717, 1.165) is 17.7 Å². The molecule has 1 N–H and O–H groups in total. The average molecular weight is 285 g/mol. The summed E-state index contributed by atoms with van der Waals surface area (Å²) in [4.78, 5) is 11.8. The van der Waals surface area contributed by atoms with Gasteiger partial charge in [-0.3, -0.25) is 0 Å². The van der Waals surface area contributed by atoms with Crippen LogP contribution in [0.1, 0.15) is 56.6 Å². The van der Waals surface area contributed by atoms with E-state index < -0.39 is 0 Å². The van der Waals surface area contributed by atoms with Gasteiger partial charge >= 0.3 is 5.97 Å². The van der Waals surface area contributed by atoms with Gasteiger partial charge in [-0.2, -0.15) is 0 Å². The summed E-state index contributed by atoms with van der Waals surface area (Å²) in [7, 11) is 0. The first-order valence-corrected chi connectivity index (χ1v) is 7.90. The molecule has 1 saturated carbocycles. The third-order valence-electron chi connectivity index (χ3n) is 4.80. The van der Waals surface area contributed by atoms with Crippen molar-refractivity contribution in [3.63, 3.8) is 0 Å². The Labute approximate surface area is 126 Å². The Hall–Kier alpha value is -1.77. The molecule has 3 nitrogen and oxygen atoms in total. The van der Waals surface area contributed by atoms with Gasteiger partial charge in [0, 0.05) is 28.8 Å². The molecule has 3 heteroatoms. The van der Waals surface area contributed by atoms with E-state index in [1.54, 1.807) is 6.08 Å². The summed E-state index contributed by atoms with van der Waals surface area (Å²) in [5.41, 5.74) is 3.47.